The molecule has 3 amide bonds. The van der Waals surface area contributed by atoms with Crippen molar-refractivity contribution in [3.8, 4) is 0 Å². The molecule has 0 aromatic heterocycles. The summed E-state index contributed by atoms with van der Waals surface area (Å²) >= 11 is 12.4. The number of hydrogen-bond donors (Lipinski definition) is 3. The number of primary amides is 1. The van der Waals surface area contributed by atoms with Crippen LogP contribution in [0.25, 0.3) is 0 Å². The summed E-state index contributed by atoms with van der Waals surface area (Å²) in [6, 6.07) is 10.5. The second-order valence-electron chi connectivity index (χ2n) is 6.28. The summed E-state index contributed by atoms with van der Waals surface area (Å²) < 4.78 is 5.41. The van der Waals surface area contributed by atoms with Gasteiger partial charge in [0, 0.05) is 34.5 Å². The lowest BCUT2D eigenvalue weighted by molar-refractivity contribution is -0.123. The predicted molar refractivity (Wildman–Crippen MR) is 110 cm³/mol. The van der Waals surface area contributed by atoms with Gasteiger partial charge >= 0.3 is 6.03 Å². The first kappa shape index (κ1) is 20.4. The van der Waals surface area contributed by atoms with Gasteiger partial charge in [0.1, 0.15) is 6.04 Å². The van der Waals surface area contributed by atoms with Crippen LogP contribution in [0.15, 0.2) is 42.5 Å². The topological polar surface area (TPSA) is 96.7 Å². The van der Waals surface area contributed by atoms with Gasteiger partial charge in [-0.25, -0.2) is 4.79 Å². The third kappa shape index (κ3) is 5.14. The molecule has 0 unspecified atom stereocenters. The Bertz CT molecular complexity index is 872. The minimum absolute atomic E-state index is 0.248. The molecule has 3 rings (SSSR count). The Kier molecular flexibility index (Phi) is 6.74. The first-order valence-electron chi connectivity index (χ1n) is 8.68. The Balaban J connectivity index is 1.87. The number of rotatable bonds is 5. The molecule has 2 aromatic rings. The van der Waals surface area contributed by atoms with E-state index in [1.807, 2.05) is 4.90 Å². The van der Waals surface area contributed by atoms with Gasteiger partial charge in [-0.1, -0.05) is 35.3 Å². The van der Waals surface area contributed by atoms with Crippen LogP contribution in [0.4, 0.5) is 16.2 Å². The van der Waals surface area contributed by atoms with Crippen molar-refractivity contribution >= 4 is 46.5 Å². The van der Waals surface area contributed by atoms with Crippen LogP contribution in [-0.4, -0.2) is 43.1 Å². The van der Waals surface area contributed by atoms with E-state index >= 15 is 0 Å². The Hall–Kier alpha value is -2.32. The van der Waals surface area contributed by atoms with E-state index in [1.54, 1.807) is 42.5 Å². The number of ether oxygens (including phenoxy) is 1. The second-order valence-corrected chi connectivity index (χ2v) is 7.12. The highest BCUT2D eigenvalue weighted by atomic mass is 35.5. The highest BCUT2D eigenvalue weighted by Gasteiger charge is 2.31. The van der Waals surface area contributed by atoms with E-state index in [0.29, 0.717) is 53.3 Å². The number of hydrogen-bond acceptors (Lipinski definition) is 4. The van der Waals surface area contributed by atoms with Gasteiger partial charge in [0.05, 0.1) is 13.2 Å². The molecule has 1 aliphatic heterocycles. The summed E-state index contributed by atoms with van der Waals surface area (Å²) in [5, 5.41) is 6.29. The Morgan fingerprint density at radius 3 is 2.36 bits per heavy atom. The van der Waals surface area contributed by atoms with Crippen LogP contribution in [-0.2, 0) is 9.53 Å². The molecule has 0 spiro atoms. The summed E-state index contributed by atoms with van der Waals surface area (Å²) in [4.78, 5) is 26.2. The molecule has 2 aromatic carbocycles. The van der Waals surface area contributed by atoms with Crippen LogP contribution >= 0.6 is 23.2 Å². The summed E-state index contributed by atoms with van der Waals surface area (Å²) in [7, 11) is 0. The fourth-order valence-corrected chi connectivity index (χ4v) is 3.60. The van der Waals surface area contributed by atoms with Gasteiger partial charge in [-0.3, -0.25) is 9.69 Å². The molecular weight excluding hydrogens is 403 g/mol. The number of benzene rings is 2. The van der Waals surface area contributed by atoms with Gasteiger partial charge in [0.15, 0.2) is 0 Å². The fourth-order valence-electron chi connectivity index (χ4n) is 3.09. The molecule has 9 heteroatoms. The number of carbonyl (C=O) groups is 2. The highest BCUT2D eigenvalue weighted by molar-refractivity contribution is 6.35. The van der Waals surface area contributed by atoms with Crippen LogP contribution in [0.2, 0.25) is 10.0 Å². The van der Waals surface area contributed by atoms with E-state index < -0.39 is 12.1 Å². The monoisotopic (exact) mass is 422 g/mol. The van der Waals surface area contributed by atoms with Crippen molar-refractivity contribution in [2.75, 3.05) is 36.9 Å². The van der Waals surface area contributed by atoms with Gasteiger partial charge < -0.3 is 21.1 Å². The molecule has 1 saturated heterocycles. The van der Waals surface area contributed by atoms with Crippen LogP contribution in [0, 0.1) is 0 Å². The van der Waals surface area contributed by atoms with Gasteiger partial charge in [0.25, 0.3) is 0 Å². The Morgan fingerprint density at radius 1 is 1.04 bits per heavy atom. The molecule has 0 aliphatic carbocycles. The third-order valence-electron chi connectivity index (χ3n) is 4.31. The normalized spacial score (nSPS) is 15.6. The minimum atomic E-state index is -0.678. The van der Waals surface area contributed by atoms with Crippen molar-refractivity contribution in [3.05, 3.63) is 58.1 Å². The van der Waals surface area contributed by atoms with Gasteiger partial charge in [-0.15, -0.1) is 0 Å². The lowest BCUT2D eigenvalue weighted by Crippen LogP contribution is -2.44. The first-order valence-corrected chi connectivity index (χ1v) is 9.44. The van der Waals surface area contributed by atoms with Crippen LogP contribution < -0.4 is 16.4 Å². The van der Waals surface area contributed by atoms with Crippen molar-refractivity contribution in [1.82, 2.24) is 4.90 Å². The van der Waals surface area contributed by atoms with E-state index in [0.717, 1.165) is 0 Å². The Morgan fingerprint density at radius 2 is 1.71 bits per heavy atom. The molecule has 148 valence electrons. The number of nitrogens with zero attached hydrogens (tertiary/aromatic N) is 1. The van der Waals surface area contributed by atoms with E-state index in [-0.39, 0.29) is 5.91 Å². The third-order valence-corrected chi connectivity index (χ3v) is 4.88. The Labute approximate surface area is 172 Å². The average molecular weight is 423 g/mol. The summed E-state index contributed by atoms with van der Waals surface area (Å²) in [6.07, 6.45) is 0. The van der Waals surface area contributed by atoms with Crippen LogP contribution in [0.5, 0.6) is 0 Å². The molecule has 0 bridgehead atoms. The maximum atomic E-state index is 13.2. The van der Waals surface area contributed by atoms with Gasteiger partial charge in [-0.05, 0) is 35.9 Å². The smallest absolute Gasteiger partial charge is 0.316 e. The first-order chi connectivity index (χ1) is 13.4. The SMILES string of the molecule is NC(=O)Nc1cccc(NC(=O)[C@@H](c2ccc(Cl)cc2Cl)N2CCOCC2)c1. The number of amides is 3. The molecule has 0 saturated carbocycles. The quantitative estimate of drug-likeness (QED) is 0.686. The average Bonchev–Trinajstić information content (AvgIpc) is 2.64. The molecule has 1 fully saturated rings. The number of urea groups is 1. The van der Waals surface area contributed by atoms with Crippen molar-refractivity contribution in [1.29, 1.82) is 0 Å². The van der Waals surface area contributed by atoms with Gasteiger partial charge in [0.2, 0.25) is 5.91 Å². The predicted octanol–water partition coefficient (Wildman–Crippen LogP) is 3.50. The fraction of sp³-hybridized carbons (Fsp3) is 0.263. The second kappa shape index (κ2) is 9.25. The minimum Gasteiger partial charge on any atom is -0.379 e. The number of carbonyl (C=O) groups excluding carboxylic acids is 2. The highest BCUT2D eigenvalue weighted by Crippen LogP contribution is 2.31. The number of morpholine rings is 1. The summed E-state index contributed by atoms with van der Waals surface area (Å²) in [6.45, 7) is 2.26. The summed E-state index contributed by atoms with van der Waals surface area (Å²) in [5.74, 6) is -0.248. The zero-order valence-corrected chi connectivity index (χ0v) is 16.5. The maximum Gasteiger partial charge on any atom is 0.316 e. The molecular formula is C19H20Cl2N4O3. The van der Waals surface area contributed by atoms with Crippen molar-refractivity contribution < 1.29 is 14.3 Å². The molecule has 1 heterocycles. The largest absolute Gasteiger partial charge is 0.379 e. The lowest BCUT2D eigenvalue weighted by Gasteiger charge is -2.34. The molecule has 28 heavy (non-hydrogen) atoms. The number of halogens is 2. The van der Waals surface area contributed by atoms with E-state index in [4.69, 9.17) is 33.7 Å². The molecule has 1 atom stereocenters. The van der Waals surface area contributed by atoms with E-state index in [1.165, 1.54) is 0 Å². The molecule has 7 nitrogen and oxygen atoms in total. The molecule has 4 N–H and O–H groups in total. The maximum absolute atomic E-state index is 13.2. The van der Waals surface area contributed by atoms with E-state index in [9.17, 15) is 9.59 Å². The number of anilines is 2. The van der Waals surface area contributed by atoms with Crippen molar-refractivity contribution in [2.45, 2.75) is 6.04 Å². The van der Waals surface area contributed by atoms with Crippen molar-refractivity contribution in [3.63, 3.8) is 0 Å². The zero-order valence-electron chi connectivity index (χ0n) is 15.0. The van der Waals surface area contributed by atoms with Crippen LogP contribution in [0.3, 0.4) is 0 Å². The van der Waals surface area contributed by atoms with Crippen LogP contribution in [0.1, 0.15) is 11.6 Å². The zero-order chi connectivity index (χ0) is 20.1. The number of nitrogens with one attached hydrogen (secondary N) is 2. The number of nitrogens with two attached hydrogens (primary N) is 1. The standard InChI is InChI=1S/C19H20Cl2N4O3/c20-12-4-5-15(16(21)10-12)17(25-6-8-28-9-7-25)18(26)23-13-2-1-3-14(11-13)24-19(22)27/h1-5,10-11,17H,6-9H2,(H,23,26)(H3,22,24,27)/t17-/m1/s1. The molecule has 1 aliphatic rings. The van der Waals surface area contributed by atoms with Crippen molar-refractivity contribution in [2.24, 2.45) is 5.73 Å². The molecule has 0 radical (unpaired) electrons. The lowest BCUT2D eigenvalue weighted by atomic mass is 10.0. The van der Waals surface area contributed by atoms with Gasteiger partial charge in [-0.2, -0.15) is 0 Å². The summed E-state index contributed by atoms with van der Waals surface area (Å²) in [5.41, 5.74) is 6.82. The van der Waals surface area contributed by atoms with E-state index in [2.05, 4.69) is 10.6 Å².